The SMILES string of the molecule is CNC(COCC1CCOCC1)c1ccc(C)c(C)c1. The Bertz CT molecular complexity index is 413. The molecule has 0 amide bonds. The summed E-state index contributed by atoms with van der Waals surface area (Å²) in [5.41, 5.74) is 3.99. The number of nitrogens with one attached hydrogen (secondary N) is 1. The molecule has 0 bridgehead atoms. The van der Waals surface area contributed by atoms with Crippen LogP contribution in [-0.4, -0.2) is 33.5 Å². The maximum atomic E-state index is 5.93. The first-order chi connectivity index (χ1) is 9.70. The smallest absolute Gasteiger partial charge is 0.0661 e. The quantitative estimate of drug-likeness (QED) is 0.867. The molecule has 0 spiro atoms. The lowest BCUT2D eigenvalue weighted by Gasteiger charge is -2.23. The van der Waals surface area contributed by atoms with Crippen LogP contribution in [0.2, 0.25) is 0 Å². The van der Waals surface area contributed by atoms with Crippen LogP contribution in [0.5, 0.6) is 0 Å². The topological polar surface area (TPSA) is 30.5 Å². The third kappa shape index (κ3) is 4.30. The Labute approximate surface area is 122 Å². The molecule has 1 fully saturated rings. The average Bonchev–Trinajstić information content (AvgIpc) is 2.48. The summed E-state index contributed by atoms with van der Waals surface area (Å²) in [4.78, 5) is 0. The zero-order valence-electron chi connectivity index (χ0n) is 12.9. The first kappa shape index (κ1) is 15.5. The number of hydrogen-bond acceptors (Lipinski definition) is 3. The lowest BCUT2D eigenvalue weighted by molar-refractivity contribution is 0.0156. The summed E-state index contributed by atoms with van der Waals surface area (Å²) < 4.78 is 11.3. The zero-order valence-corrected chi connectivity index (χ0v) is 12.9. The largest absolute Gasteiger partial charge is 0.381 e. The van der Waals surface area contributed by atoms with Gasteiger partial charge in [-0.05, 0) is 56.3 Å². The molecular weight excluding hydrogens is 250 g/mol. The third-order valence-electron chi connectivity index (χ3n) is 4.26. The minimum Gasteiger partial charge on any atom is -0.381 e. The fourth-order valence-corrected chi connectivity index (χ4v) is 2.59. The maximum Gasteiger partial charge on any atom is 0.0661 e. The second kappa shape index (κ2) is 7.77. The van der Waals surface area contributed by atoms with Gasteiger partial charge in [-0.2, -0.15) is 0 Å². The number of hydrogen-bond donors (Lipinski definition) is 1. The van der Waals surface area contributed by atoms with Gasteiger partial charge in [0.1, 0.15) is 0 Å². The molecule has 20 heavy (non-hydrogen) atoms. The molecule has 3 heteroatoms. The molecule has 1 saturated heterocycles. The van der Waals surface area contributed by atoms with E-state index in [0.717, 1.165) is 39.3 Å². The van der Waals surface area contributed by atoms with Crippen molar-refractivity contribution < 1.29 is 9.47 Å². The van der Waals surface area contributed by atoms with Gasteiger partial charge in [0.05, 0.1) is 12.6 Å². The summed E-state index contributed by atoms with van der Waals surface area (Å²) >= 11 is 0. The van der Waals surface area contributed by atoms with Crippen molar-refractivity contribution >= 4 is 0 Å². The summed E-state index contributed by atoms with van der Waals surface area (Å²) in [5, 5.41) is 3.35. The van der Waals surface area contributed by atoms with Crippen molar-refractivity contribution in [2.45, 2.75) is 32.7 Å². The molecule has 3 nitrogen and oxygen atoms in total. The molecule has 1 aromatic carbocycles. The first-order valence-electron chi connectivity index (χ1n) is 7.60. The van der Waals surface area contributed by atoms with E-state index in [2.05, 4.69) is 37.4 Å². The van der Waals surface area contributed by atoms with E-state index < -0.39 is 0 Å². The second-order valence-electron chi connectivity index (χ2n) is 5.78. The van der Waals surface area contributed by atoms with Crippen LogP contribution in [0.25, 0.3) is 0 Å². The van der Waals surface area contributed by atoms with Crippen LogP contribution < -0.4 is 5.32 Å². The Kier molecular flexibility index (Phi) is 6.02. The minimum absolute atomic E-state index is 0.272. The van der Waals surface area contributed by atoms with Crippen LogP contribution in [0.15, 0.2) is 18.2 Å². The van der Waals surface area contributed by atoms with Gasteiger partial charge >= 0.3 is 0 Å². The molecule has 0 saturated carbocycles. The van der Waals surface area contributed by atoms with Crippen molar-refractivity contribution in [1.82, 2.24) is 5.32 Å². The Morgan fingerprint density at radius 1 is 1.25 bits per heavy atom. The molecular formula is C17H27NO2. The van der Waals surface area contributed by atoms with Gasteiger partial charge in [0, 0.05) is 19.8 Å². The van der Waals surface area contributed by atoms with Crippen LogP contribution in [0.4, 0.5) is 0 Å². The van der Waals surface area contributed by atoms with Gasteiger partial charge in [0.15, 0.2) is 0 Å². The summed E-state index contributed by atoms with van der Waals surface area (Å²) in [6, 6.07) is 6.91. The normalized spacial score (nSPS) is 18.1. The summed E-state index contributed by atoms with van der Waals surface area (Å²) in [6.45, 7) is 7.67. The van der Waals surface area contributed by atoms with Crippen LogP contribution >= 0.6 is 0 Å². The van der Waals surface area contributed by atoms with Crippen LogP contribution in [0, 0.1) is 19.8 Å². The van der Waals surface area contributed by atoms with E-state index in [1.807, 2.05) is 7.05 Å². The molecule has 1 atom stereocenters. The standard InChI is InChI=1S/C17H27NO2/c1-13-4-5-16(10-14(13)2)17(18-3)12-20-11-15-6-8-19-9-7-15/h4-5,10,15,17-18H,6-9,11-12H2,1-3H3. The number of likely N-dealkylation sites (N-methyl/N-ethyl adjacent to an activating group) is 1. The number of rotatable bonds is 6. The molecule has 1 unspecified atom stereocenters. The molecule has 2 rings (SSSR count). The maximum absolute atomic E-state index is 5.93. The molecule has 0 radical (unpaired) electrons. The first-order valence-corrected chi connectivity index (χ1v) is 7.60. The highest BCUT2D eigenvalue weighted by Crippen LogP contribution is 2.19. The molecule has 1 heterocycles. The van der Waals surface area contributed by atoms with E-state index >= 15 is 0 Å². The van der Waals surface area contributed by atoms with E-state index in [0.29, 0.717) is 5.92 Å². The predicted octanol–water partition coefficient (Wildman–Crippen LogP) is 3.01. The number of benzene rings is 1. The fraction of sp³-hybridized carbons (Fsp3) is 0.647. The summed E-state index contributed by atoms with van der Waals surface area (Å²) in [6.07, 6.45) is 2.27. The molecule has 1 N–H and O–H groups in total. The molecule has 112 valence electrons. The van der Waals surface area contributed by atoms with Gasteiger partial charge in [-0.15, -0.1) is 0 Å². The van der Waals surface area contributed by atoms with E-state index in [-0.39, 0.29) is 6.04 Å². The van der Waals surface area contributed by atoms with Gasteiger partial charge in [0.25, 0.3) is 0 Å². The Morgan fingerprint density at radius 3 is 2.65 bits per heavy atom. The van der Waals surface area contributed by atoms with Gasteiger partial charge < -0.3 is 14.8 Å². The summed E-state index contributed by atoms with van der Waals surface area (Å²) in [5.74, 6) is 0.668. The van der Waals surface area contributed by atoms with Crippen molar-refractivity contribution in [2.75, 3.05) is 33.5 Å². The summed E-state index contributed by atoms with van der Waals surface area (Å²) in [7, 11) is 2.00. The number of ether oxygens (including phenoxy) is 2. The lowest BCUT2D eigenvalue weighted by atomic mass is 10.0. The highest BCUT2D eigenvalue weighted by molar-refractivity contribution is 5.31. The Balaban J connectivity index is 1.83. The van der Waals surface area contributed by atoms with E-state index in [1.165, 1.54) is 16.7 Å². The predicted molar refractivity (Wildman–Crippen MR) is 82.1 cm³/mol. The van der Waals surface area contributed by atoms with Crippen LogP contribution in [0.3, 0.4) is 0 Å². The second-order valence-corrected chi connectivity index (χ2v) is 5.78. The van der Waals surface area contributed by atoms with E-state index in [4.69, 9.17) is 9.47 Å². The Hall–Kier alpha value is -0.900. The van der Waals surface area contributed by atoms with E-state index in [9.17, 15) is 0 Å². The van der Waals surface area contributed by atoms with Crippen molar-refractivity contribution in [3.8, 4) is 0 Å². The molecule has 1 aromatic rings. The van der Waals surface area contributed by atoms with Crippen molar-refractivity contribution in [3.63, 3.8) is 0 Å². The van der Waals surface area contributed by atoms with Crippen molar-refractivity contribution in [2.24, 2.45) is 5.92 Å². The highest BCUT2D eigenvalue weighted by atomic mass is 16.5. The minimum atomic E-state index is 0.272. The van der Waals surface area contributed by atoms with Gasteiger partial charge in [-0.3, -0.25) is 0 Å². The van der Waals surface area contributed by atoms with Crippen LogP contribution in [0.1, 0.15) is 35.6 Å². The van der Waals surface area contributed by atoms with Crippen molar-refractivity contribution in [3.05, 3.63) is 34.9 Å². The number of aryl methyl sites for hydroxylation is 2. The van der Waals surface area contributed by atoms with Crippen LogP contribution in [-0.2, 0) is 9.47 Å². The zero-order chi connectivity index (χ0) is 14.4. The van der Waals surface area contributed by atoms with Gasteiger partial charge in [0.2, 0.25) is 0 Å². The van der Waals surface area contributed by atoms with E-state index in [1.54, 1.807) is 0 Å². The molecule has 0 aromatic heterocycles. The highest BCUT2D eigenvalue weighted by Gasteiger charge is 2.15. The molecule has 1 aliphatic heterocycles. The Morgan fingerprint density at radius 2 is 2.00 bits per heavy atom. The lowest BCUT2D eigenvalue weighted by Crippen LogP contribution is -2.25. The third-order valence-corrected chi connectivity index (χ3v) is 4.26. The fourth-order valence-electron chi connectivity index (χ4n) is 2.59. The van der Waals surface area contributed by atoms with Crippen molar-refractivity contribution in [1.29, 1.82) is 0 Å². The molecule has 0 aliphatic carbocycles. The monoisotopic (exact) mass is 277 g/mol. The molecule has 1 aliphatic rings. The average molecular weight is 277 g/mol. The van der Waals surface area contributed by atoms with Gasteiger partial charge in [-0.1, -0.05) is 18.2 Å². The van der Waals surface area contributed by atoms with Gasteiger partial charge in [-0.25, -0.2) is 0 Å².